The summed E-state index contributed by atoms with van der Waals surface area (Å²) in [4.78, 5) is 4.86. The number of benzene rings is 1. The van der Waals surface area contributed by atoms with Gasteiger partial charge in [0.25, 0.3) is 0 Å². The van der Waals surface area contributed by atoms with Gasteiger partial charge in [-0.15, -0.1) is 0 Å². The van der Waals surface area contributed by atoms with E-state index in [1.807, 2.05) is 12.1 Å². The first-order valence-corrected chi connectivity index (χ1v) is 9.66. The summed E-state index contributed by atoms with van der Waals surface area (Å²) in [6.07, 6.45) is 0.919. The van der Waals surface area contributed by atoms with Crippen molar-refractivity contribution in [1.29, 1.82) is 0 Å². The minimum atomic E-state index is 0.195. The van der Waals surface area contributed by atoms with Crippen LogP contribution in [0.1, 0.15) is 45.0 Å². The van der Waals surface area contributed by atoms with Gasteiger partial charge in [0.2, 0.25) is 0 Å². The normalized spacial score (nSPS) is 17.7. The lowest BCUT2D eigenvalue weighted by Gasteiger charge is -2.23. The molecule has 4 nitrogen and oxygen atoms in total. The number of nitrogens with zero attached hydrogens (tertiary/aromatic N) is 3. The molecule has 0 N–H and O–H groups in total. The van der Waals surface area contributed by atoms with Gasteiger partial charge in [-0.3, -0.25) is 9.67 Å². The quantitative estimate of drug-likeness (QED) is 0.631. The van der Waals surface area contributed by atoms with E-state index in [2.05, 4.69) is 62.7 Å². The Kier molecular flexibility index (Phi) is 4.29. The van der Waals surface area contributed by atoms with Gasteiger partial charge in [0.1, 0.15) is 11.4 Å². The van der Waals surface area contributed by atoms with Crippen LogP contribution in [0.15, 0.2) is 42.5 Å². The van der Waals surface area contributed by atoms with Gasteiger partial charge in [0.05, 0.1) is 18.5 Å². The number of aromatic nitrogens is 3. The summed E-state index contributed by atoms with van der Waals surface area (Å²) in [6.45, 7) is 10.0. The molecule has 1 aliphatic heterocycles. The van der Waals surface area contributed by atoms with Crippen LogP contribution in [0.2, 0.25) is 0 Å². The SMILES string of the molecule is CCc1cccc(-c2nn3c(c2-c2ccc(OC)cc2)C(C)C(C)(C)C3)n1. The van der Waals surface area contributed by atoms with Crippen LogP contribution in [0, 0.1) is 5.41 Å². The maximum atomic E-state index is 5.35. The average Bonchev–Trinajstić information content (AvgIpc) is 3.15. The molecule has 0 bridgehead atoms. The molecule has 4 rings (SSSR count). The zero-order chi connectivity index (χ0) is 19.2. The van der Waals surface area contributed by atoms with Crippen LogP contribution in [0.4, 0.5) is 0 Å². The molecular weight excluding hydrogens is 334 g/mol. The van der Waals surface area contributed by atoms with Crippen molar-refractivity contribution in [2.45, 2.75) is 46.6 Å². The van der Waals surface area contributed by atoms with E-state index in [1.165, 1.54) is 16.8 Å². The van der Waals surface area contributed by atoms with Crippen molar-refractivity contribution in [3.8, 4) is 28.3 Å². The van der Waals surface area contributed by atoms with Crippen LogP contribution >= 0.6 is 0 Å². The second-order valence-corrected chi connectivity index (χ2v) is 8.07. The lowest BCUT2D eigenvalue weighted by atomic mass is 9.79. The van der Waals surface area contributed by atoms with E-state index in [4.69, 9.17) is 14.8 Å². The van der Waals surface area contributed by atoms with Gasteiger partial charge in [0, 0.05) is 23.7 Å². The number of rotatable bonds is 4. The van der Waals surface area contributed by atoms with Gasteiger partial charge < -0.3 is 4.74 Å². The highest BCUT2D eigenvalue weighted by molar-refractivity contribution is 5.82. The third kappa shape index (κ3) is 2.93. The molecule has 0 radical (unpaired) electrons. The van der Waals surface area contributed by atoms with E-state index in [1.54, 1.807) is 7.11 Å². The van der Waals surface area contributed by atoms with Crippen LogP contribution in [0.5, 0.6) is 5.75 Å². The number of hydrogen-bond donors (Lipinski definition) is 0. The fraction of sp³-hybridized carbons (Fsp3) is 0.391. The van der Waals surface area contributed by atoms with Gasteiger partial charge in [-0.2, -0.15) is 5.10 Å². The summed E-state index contributed by atoms with van der Waals surface area (Å²) >= 11 is 0. The minimum Gasteiger partial charge on any atom is -0.497 e. The van der Waals surface area contributed by atoms with Crippen molar-refractivity contribution < 1.29 is 4.74 Å². The minimum absolute atomic E-state index is 0.195. The van der Waals surface area contributed by atoms with E-state index < -0.39 is 0 Å². The first-order valence-electron chi connectivity index (χ1n) is 9.66. The first-order chi connectivity index (χ1) is 12.9. The highest BCUT2D eigenvalue weighted by atomic mass is 16.5. The Balaban J connectivity index is 1.93. The third-order valence-electron chi connectivity index (χ3n) is 5.92. The molecule has 0 spiro atoms. The van der Waals surface area contributed by atoms with Crippen LogP contribution in [-0.4, -0.2) is 21.9 Å². The molecule has 140 valence electrons. The van der Waals surface area contributed by atoms with Crippen LogP contribution in [0.3, 0.4) is 0 Å². The fourth-order valence-electron chi connectivity index (χ4n) is 3.96. The Morgan fingerprint density at radius 3 is 2.56 bits per heavy atom. The largest absolute Gasteiger partial charge is 0.497 e. The monoisotopic (exact) mass is 361 g/mol. The zero-order valence-electron chi connectivity index (χ0n) is 16.8. The maximum Gasteiger partial charge on any atom is 0.119 e. The summed E-state index contributed by atoms with van der Waals surface area (Å²) in [7, 11) is 1.70. The molecule has 0 fully saturated rings. The Hall–Kier alpha value is -2.62. The van der Waals surface area contributed by atoms with E-state index in [9.17, 15) is 0 Å². The number of ether oxygens (including phenoxy) is 1. The Morgan fingerprint density at radius 2 is 1.89 bits per heavy atom. The smallest absolute Gasteiger partial charge is 0.119 e. The fourth-order valence-corrected chi connectivity index (χ4v) is 3.96. The van der Waals surface area contributed by atoms with Crippen molar-refractivity contribution in [2.75, 3.05) is 7.11 Å². The van der Waals surface area contributed by atoms with Gasteiger partial charge in [0.15, 0.2) is 0 Å². The number of hydrogen-bond acceptors (Lipinski definition) is 3. The molecule has 0 saturated carbocycles. The molecule has 3 heterocycles. The number of fused-ring (bicyclic) bond motifs is 1. The van der Waals surface area contributed by atoms with E-state index in [-0.39, 0.29) is 5.41 Å². The number of aryl methyl sites for hydroxylation is 1. The predicted octanol–water partition coefficient (Wildman–Crippen LogP) is 5.33. The van der Waals surface area contributed by atoms with Crippen molar-refractivity contribution >= 4 is 0 Å². The molecule has 1 unspecified atom stereocenters. The zero-order valence-corrected chi connectivity index (χ0v) is 16.8. The molecule has 0 amide bonds. The second-order valence-electron chi connectivity index (χ2n) is 8.07. The van der Waals surface area contributed by atoms with Crippen molar-refractivity contribution in [2.24, 2.45) is 5.41 Å². The predicted molar refractivity (Wildman–Crippen MR) is 109 cm³/mol. The van der Waals surface area contributed by atoms with Gasteiger partial charge in [-0.1, -0.05) is 45.9 Å². The molecule has 0 aliphatic carbocycles. The maximum absolute atomic E-state index is 5.35. The van der Waals surface area contributed by atoms with Crippen LogP contribution < -0.4 is 4.74 Å². The number of methoxy groups -OCH3 is 1. The summed E-state index contributed by atoms with van der Waals surface area (Å²) in [5, 5.41) is 5.02. The van der Waals surface area contributed by atoms with Gasteiger partial charge in [-0.25, -0.2) is 0 Å². The van der Waals surface area contributed by atoms with Gasteiger partial charge in [-0.05, 0) is 41.7 Å². The molecule has 1 aliphatic rings. The molecular formula is C23H27N3O. The van der Waals surface area contributed by atoms with E-state index >= 15 is 0 Å². The molecule has 2 aromatic heterocycles. The van der Waals surface area contributed by atoms with Crippen LogP contribution in [0.25, 0.3) is 22.5 Å². The Bertz CT molecular complexity index is 970. The highest BCUT2D eigenvalue weighted by Crippen LogP contribution is 2.49. The molecule has 27 heavy (non-hydrogen) atoms. The summed E-state index contributed by atoms with van der Waals surface area (Å²) in [5.74, 6) is 1.29. The molecule has 3 aromatic rings. The molecule has 1 aromatic carbocycles. The Labute approximate surface area is 161 Å². The third-order valence-corrected chi connectivity index (χ3v) is 5.92. The Morgan fingerprint density at radius 1 is 1.15 bits per heavy atom. The first kappa shape index (κ1) is 17.8. The lowest BCUT2D eigenvalue weighted by Crippen LogP contribution is -2.17. The summed E-state index contributed by atoms with van der Waals surface area (Å²) in [6, 6.07) is 14.5. The molecule has 1 atom stereocenters. The highest BCUT2D eigenvalue weighted by Gasteiger charge is 2.40. The standard InChI is InChI=1S/C23H27N3O/c1-6-17-8-7-9-19(24-17)21-20(16-10-12-18(27-5)13-11-16)22-15(2)23(3,4)14-26(22)25-21/h7-13,15H,6,14H2,1-5H3. The van der Waals surface area contributed by atoms with Crippen molar-refractivity contribution in [3.63, 3.8) is 0 Å². The average molecular weight is 361 g/mol. The summed E-state index contributed by atoms with van der Waals surface area (Å²) in [5.41, 5.74) is 6.90. The number of pyridine rings is 1. The molecule has 0 saturated heterocycles. The van der Waals surface area contributed by atoms with E-state index in [0.717, 1.165) is 35.8 Å². The molecule has 4 heteroatoms. The van der Waals surface area contributed by atoms with Crippen molar-refractivity contribution in [1.82, 2.24) is 14.8 Å². The van der Waals surface area contributed by atoms with E-state index in [0.29, 0.717) is 5.92 Å². The van der Waals surface area contributed by atoms with Gasteiger partial charge >= 0.3 is 0 Å². The van der Waals surface area contributed by atoms with Crippen molar-refractivity contribution in [3.05, 3.63) is 53.9 Å². The lowest BCUT2D eigenvalue weighted by molar-refractivity contribution is 0.301. The summed E-state index contributed by atoms with van der Waals surface area (Å²) < 4.78 is 7.54. The topological polar surface area (TPSA) is 39.9 Å². The van der Waals surface area contributed by atoms with Crippen LogP contribution in [-0.2, 0) is 13.0 Å². The second kappa shape index (κ2) is 6.52.